The first-order chi connectivity index (χ1) is 10.2. The van der Waals surface area contributed by atoms with Gasteiger partial charge in [-0.25, -0.2) is 4.39 Å². The number of benzene rings is 2. The Labute approximate surface area is 120 Å². The summed E-state index contributed by atoms with van der Waals surface area (Å²) in [7, 11) is 0. The Bertz CT molecular complexity index is 728. The van der Waals surface area contributed by atoms with E-state index in [1.165, 1.54) is 12.1 Å². The number of nitrogens with zero attached hydrogens (tertiary/aromatic N) is 2. The number of halogens is 1. The zero-order valence-electron chi connectivity index (χ0n) is 11.1. The Morgan fingerprint density at radius 3 is 2.67 bits per heavy atom. The average Bonchev–Trinajstić information content (AvgIpc) is 2.97. The van der Waals surface area contributed by atoms with Crippen molar-refractivity contribution in [2.24, 2.45) is 0 Å². The van der Waals surface area contributed by atoms with Crippen molar-refractivity contribution in [3.05, 3.63) is 71.9 Å². The molecule has 1 aromatic heterocycles. The number of rotatable bonds is 4. The van der Waals surface area contributed by atoms with Crippen LogP contribution in [0.25, 0.3) is 11.4 Å². The lowest BCUT2D eigenvalue weighted by Crippen LogP contribution is -2.01. The van der Waals surface area contributed by atoms with E-state index in [0.717, 1.165) is 5.56 Å². The highest BCUT2D eigenvalue weighted by Gasteiger charge is 2.14. The highest BCUT2D eigenvalue weighted by atomic mass is 19.1. The molecule has 3 rings (SSSR count). The second-order valence-corrected chi connectivity index (χ2v) is 4.65. The van der Waals surface area contributed by atoms with Crippen molar-refractivity contribution in [2.75, 3.05) is 0 Å². The van der Waals surface area contributed by atoms with Gasteiger partial charge in [0.2, 0.25) is 11.7 Å². The van der Waals surface area contributed by atoms with Gasteiger partial charge in [-0.1, -0.05) is 47.6 Å². The maximum Gasteiger partial charge on any atom is 0.229 e. The third-order valence-corrected chi connectivity index (χ3v) is 3.10. The fourth-order valence-corrected chi connectivity index (χ4v) is 2.04. The molecule has 106 valence electrons. The molecule has 0 aliphatic rings. The summed E-state index contributed by atoms with van der Waals surface area (Å²) in [6.45, 7) is 0. The Hall–Kier alpha value is -2.53. The van der Waals surface area contributed by atoms with Gasteiger partial charge in [-0.2, -0.15) is 4.98 Å². The number of hydrogen-bond acceptors (Lipinski definition) is 4. The van der Waals surface area contributed by atoms with Gasteiger partial charge in [0, 0.05) is 5.56 Å². The molecule has 2 aromatic carbocycles. The molecule has 1 N–H and O–H groups in total. The summed E-state index contributed by atoms with van der Waals surface area (Å²) < 4.78 is 18.3. The van der Waals surface area contributed by atoms with Crippen LogP contribution in [0.1, 0.15) is 17.6 Å². The Balaban J connectivity index is 1.76. The van der Waals surface area contributed by atoms with Crippen molar-refractivity contribution >= 4 is 0 Å². The molecule has 0 radical (unpaired) electrons. The van der Waals surface area contributed by atoms with Gasteiger partial charge in [0.1, 0.15) is 5.82 Å². The molecular formula is C16H13FN2O2. The molecule has 0 amide bonds. The summed E-state index contributed by atoms with van der Waals surface area (Å²) in [6.07, 6.45) is -0.501. The standard InChI is InChI=1S/C16H13FN2O2/c17-13-8-4-7-12(9-13)16-18-15(21-19-16)10-14(20)11-5-2-1-3-6-11/h1-9,14,20H,10H2. The van der Waals surface area contributed by atoms with Crippen LogP contribution < -0.4 is 0 Å². The summed E-state index contributed by atoms with van der Waals surface area (Å²) in [5.41, 5.74) is 1.32. The molecule has 0 saturated carbocycles. The van der Waals surface area contributed by atoms with Crippen LogP contribution in [0.15, 0.2) is 59.1 Å². The second kappa shape index (κ2) is 5.85. The van der Waals surface area contributed by atoms with Gasteiger partial charge in [-0.3, -0.25) is 0 Å². The largest absolute Gasteiger partial charge is 0.388 e. The summed E-state index contributed by atoms with van der Waals surface area (Å²) >= 11 is 0. The highest BCUT2D eigenvalue weighted by molar-refractivity contribution is 5.53. The van der Waals surface area contributed by atoms with Crippen molar-refractivity contribution in [1.82, 2.24) is 10.1 Å². The van der Waals surface area contributed by atoms with Gasteiger partial charge in [-0.15, -0.1) is 0 Å². The van der Waals surface area contributed by atoms with Crippen molar-refractivity contribution in [3.63, 3.8) is 0 Å². The van der Waals surface area contributed by atoms with E-state index in [-0.39, 0.29) is 12.2 Å². The van der Waals surface area contributed by atoms with Gasteiger partial charge in [0.25, 0.3) is 0 Å². The van der Waals surface area contributed by atoms with E-state index in [0.29, 0.717) is 17.3 Å². The summed E-state index contributed by atoms with van der Waals surface area (Å²) in [6, 6.07) is 15.2. The molecule has 0 saturated heterocycles. The average molecular weight is 284 g/mol. The van der Waals surface area contributed by atoms with Gasteiger partial charge >= 0.3 is 0 Å². The molecule has 21 heavy (non-hydrogen) atoms. The Kier molecular flexibility index (Phi) is 3.75. The van der Waals surface area contributed by atoms with E-state index in [4.69, 9.17) is 4.52 Å². The molecular weight excluding hydrogens is 271 g/mol. The Morgan fingerprint density at radius 2 is 1.90 bits per heavy atom. The van der Waals surface area contributed by atoms with Crippen LogP contribution >= 0.6 is 0 Å². The first-order valence-electron chi connectivity index (χ1n) is 6.54. The number of hydrogen-bond donors (Lipinski definition) is 1. The molecule has 0 bridgehead atoms. The maximum absolute atomic E-state index is 13.2. The molecule has 1 unspecified atom stereocenters. The molecule has 3 aromatic rings. The third kappa shape index (κ3) is 3.14. The molecule has 1 atom stereocenters. The minimum Gasteiger partial charge on any atom is -0.388 e. The van der Waals surface area contributed by atoms with Gasteiger partial charge in [-0.05, 0) is 17.7 Å². The van der Waals surface area contributed by atoms with E-state index in [9.17, 15) is 9.50 Å². The smallest absolute Gasteiger partial charge is 0.229 e. The first kappa shape index (κ1) is 13.5. The molecule has 4 nitrogen and oxygen atoms in total. The van der Waals surface area contributed by atoms with Crippen molar-refractivity contribution in [2.45, 2.75) is 12.5 Å². The van der Waals surface area contributed by atoms with Crippen LogP contribution in [0.4, 0.5) is 4.39 Å². The minimum absolute atomic E-state index is 0.215. The summed E-state index contributed by atoms with van der Waals surface area (Å²) in [5.74, 6) is 0.263. The summed E-state index contributed by atoms with van der Waals surface area (Å²) in [4.78, 5) is 4.18. The van der Waals surface area contributed by atoms with E-state index in [1.54, 1.807) is 12.1 Å². The predicted molar refractivity (Wildman–Crippen MR) is 74.8 cm³/mol. The predicted octanol–water partition coefficient (Wildman–Crippen LogP) is 3.15. The Morgan fingerprint density at radius 1 is 1.10 bits per heavy atom. The normalized spacial score (nSPS) is 12.3. The van der Waals surface area contributed by atoms with Crippen LogP contribution in [0.2, 0.25) is 0 Å². The molecule has 0 fully saturated rings. The first-order valence-corrected chi connectivity index (χ1v) is 6.54. The fraction of sp³-hybridized carbons (Fsp3) is 0.125. The lowest BCUT2D eigenvalue weighted by Gasteiger charge is -2.07. The van der Waals surface area contributed by atoms with Crippen LogP contribution in [-0.2, 0) is 6.42 Å². The highest BCUT2D eigenvalue weighted by Crippen LogP contribution is 2.20. The second-order valence-electron chi connectivity index (χ2n) is 4.65. The lowest BCUT2D eigenvalue weighted by molar-refractivity contribution is 0.165. The van der Waals surface area contributed by atoms with Gasteiger partial charge < -0.3 is 9.63 Å². The van der Waals surface area contributed by atoms with Crippen LogP contribution in [0.5, 0.6) is 0 Å². The molecule has 0 aliphatic heterocycles. The van der Waals surface area contributed by atoms with E-state index < -0.39 is 6.10 Å². The maximum atomic E-state index is 13.2. The zero-order chi connectivity index (χ0) is 14.7. The number of aromatic nitrogens is 2. The van der Waals surface area contributed by atoms with E-state index in [1.807, 2.05) is 30.3 Å². The topological polar surface area (TPSA) is 59.2 Å². The van der Waals surface area contributed by atoms with Crippen molar-refractivity contribution in [3.8, 4) is 11.4 Å². The zero-order valence-corrected chi connectivity index (χ0v) is 11.1. The van der Waals surface area contributed by atoms with E-state index >= 15 is 0 Å². The number of aliphatic hydroxyl groups excluding tert-OH is 1. The van der Waals surface area contributed by atoms with Gasteiger partial charge in [0.05, 0.1) is 12.5 Å². The summed E-state index contributed by atoms with van der Waals surface area (Å²) in [5, 5.41) is 13.9. The lowest BCUT2D eigenvalue weighted by atomic mass is 10.1. The van der Waals surface area contributed by atoms with E-state index in [2.05, 4.69) is 10.1 Å². The molecule has 0 spiro atoms. The monoisotopic (exact) mass is 284 g/mol. The molecule has 1 heterocycles. The fourth-order valence-electron chi connectivity index (χ4n) is 2.04. The molecule has 0 aliphatic carbocycles. The van der Waals surface area contributed by atoms with Crippen molar-refractivity contribution in [1.29, 1.82) is 0 Å². The minimum atomic E-state index is -0.716. The third-order valence-electron chi connectivity index (χ3n) is 3.10. The quantitative estimate of drug-likeness (QED) is 0.799. The SMILES string of the molecule is OC(Cc1nc(-c2cccc(F)c2)no1)c1ccccc1. The van der Waals surface area contributed by atoms with Crippen LogP contribution in [0.3, 0.4) is 0 Å². The van der Waals surface area contributed by atoms with Crippen molar-refractivity contribution < 1.29 is 14.0 Å². The van der Waals surface area contributed by atoms with Gasteiger partial charge in [0.15, 0.2) is 0 Å². The number of aliphatic hydroxyl groups is 1. The van der Waals surface area contributed by atoms with Crippen LogP contribution in [-0.4, -0.2) is 15.2 Å². The molecule has 5 heteroatoms. The van der Waals surface area contributed by atoms with Crippen LogP contribution in [0, 0.1) is 5.82 Å².